The molecule has 2 aromatic rings. The highest BCUT2D eigenvalue weighted by Crippen LogP contribution is 2.30. The molecular formula is C16H14ClFN2O2S. The lowest BCUT2D eigenvalue weighted by atomic mass is 10.2. The number of likely N-dealkylation sites (tertiary alicyclic amines) is 1. The van der Waals surface area contributed by atoms with E-state index in [0.717, 1.165) is 31.1 Å². The van der Waals surface area contributed by atoms with Gasteiger partial charge in [0.15, 0.2) is 0 Å². The number of nitrogens with zero attached hydrogens (tertiary/aromatic N) is 1. The number of thiophene rings is 1. The Labute approximate surface area is 141 Å². The number of anilines is 1. The molecule has 1 aliphatic heterocycles. The Morgan fingerprint density at radius 3 is 2.65 bits per heavy atom. The van der Waals surface area contributed by atoms with Crippen LogP contribution in [0.4, 0.5) is 9.39 Å². The van der Waals surface area contributed by atoms with Crippen molar-refractivity contribution in [2.24, 2.45) is 0 Å². The highest BCUT2D eigenvalue weighted by molar-refractivity contribution is 7.18. The molecule has 2 heterocycles. The number of hydrogen-bond donors (Lipinski definition) is 1. The second-order valence-corrected chi connectivity index (χ2v) is 6.81. The van der Waals surface area contributed by atoms with Gasteiger partial charge in [0, 0.05) is 13.1 Å². The van der Waals surface area contributed by atoms with Crippen LogP contribution < -0.4 is 5.32 Å². The van der Waals surface area contributed by atoms with Crippen molar-refractivity contribution in [1.29, 1.82) is 0 Å². The molecule has 120 valence electrons. The summed E-state index contributed by atoms with van der Waals surface area (Å²) in [6, 6.07) is 5.36. The van der Waals surface area contributed by atoms with Crippen LogP contribution in [-0.4, -0.2) is 29.8 Å². The number of aryl methyl sites for hydroxylation is 1. The predicted octanol–water partition coefficient (Wildman–Crippen LogP) is 3.95. The van der Waals surface area contributed by atoms with Gasteiger partial charge < -0.3 is 10.2 Å². The van der Waals surface area contributed by atoms with Crippen LogP contribution in [0.5, 0.6) is 0 Å². The predicted molar refractivity (Wildman–Crippen MR) is 88.9 cm³/mol. The Kier molecular flexibility index (Phi) is 4.37. The summed E-state index contributed by atoms with van der Waals surface area (Å²) >= 11 is 7.12. The molecule has 2 amide bonds. The molecule has 0 radical (unpaired) electrons. The van der Waals surface area contributed by atoms with Crippen molar-refractivity contribution in [3.63, 3.8) is 0 Å². The molecule has 0 aliphatic carbocycles. The molecule has 1 aliphatic rings. The highest BCUT2D eigenvalue weighted by Gasteiger charge is 2.25. The third-order valence-electron chi connectivity index (χ3n) is 3.67. The zero-order chi connectivity index (χ0) is 16.6. The average Bonchev–Trinajstić information content (AvgIpc) is 2.77. The molecule has 1 N–H and O–H groups in total. The number of rotatable bonds is 3. The zero-order valence-corrected chi connectivity index (χ0v) is 13.9. The first-order valence-electron chi connectivity index (χ1n) is 7.12. The average molecular weight is 353 g/mol. The number of nitrogens with one attached hydrogen (secondary N) is 1. The number of carbonyl (C=O) groups excluding carboxylic acids is 2. The van der Waals surface area contributed by atoms with E-state index in [1.54, 1.807) is 11.0 Å². The van der Waals surface area contributed by atoms with E-state index >= 15 is 0 Å². The Balaban J connectivity index is 1.77. The lowest BCUT2D eigenvalue weighted by Gasteiger charge is -2.30. The first-order valence-corrected chi connectivity index (χ1v) is 8.31. The number of halogens is 2. The van der Waals surface area contributed by atoms with E-state index < -0.39 is 11.7 Å². The SMILES string of the molecule is Cc1cc(NC(=O)c2ccc(F)cc2Cl)sc1C(=O)N1CCC1. The van der Waals surface area contributed by atoms with Gasteiger partial charge in [0.2, 0.25) is 0 Å². The second kappa shape index (κ2) is 6.29. The Morgan fingerprint density at radius 1 is 1.30 bits per heavy atom. The molecule has 23 heavy (non-hydrogen) atoms. The van der Waals surface area contributed by atoms with Gasteiger partial charge in [0.25, 0.3) is 11.8 Å². The standard InChI is InChI=1S/C16H14ClFN2O2S/c1-9-7-13(23-14(9)16(22)20-5-2-6-20)19-15(21)11-4-3-10(18)8-12(11)17/h3-4,7-8H,2,5-6H2,1H3,(H,19,21). The Bertz CT molecular complexity index is 786. The van der Waals surface area contributed by atoms with E-state index in [1.165, 1.54) is 23.5 Å². The van der Waals surface area contributed by atoms with Gasteiger partial charge in [-0.05, 0) is 43.2 Å². The summed E-state index contributed by atoms with van der Waals surface area (Å²) in [4.78, 5) is 26.9. The van der Waals surface area contributed by atoms with Crippen molar-refractivity contribution in [3.05, 3.63) is 51.1 Å². The summed E-state index contributed by atoms with van der Waals surface area (Å²) in [7, 11) is 0. The van der Waals surface area contributed by atoms with Crippen LogP contribution >= 0.6 is 22.9 Å². The summed E-state index contributed by atoms with van der Waals surface area (Å²) in [5.74, 6) is -0.931. The summed E-state index contributed by atoms with van der Waals surface area (Å²) in [6.07, 6.45) is 1.03. The van der Waals surface area contributed by atoms with Crippen LogP contribution in [0.25, 0.3) is 0 Å². The van der Waals surface area contributed by atoms with E-state index in [-0.39, 0.29) is 16.5 Å². The second-order valence-electron chi connectivity index (χ2n) is 5.35. The molecule has 3 rings (SSSR count). The molecule has 0 atom stereocenters. The summed E-state index contributed by atoms with van der Waals surface area (Å²) < 4.78 is 13.0. The zero-order valence-electron chi connectivity index (χ0n) is 12.4. The van der Waals surface area contributed by atoms with Crippen molar-refractivity contribution >= 4 is 39.8 Å². The monoisotopic (exact) mass is 352 g/mol. The van der Waals surface area contributed by atoms with Crippen molar-refractivity contribution in [3.8, 4) is 0 Å². The minimum atomic E-state index is -0.499. The molecule has 0 spiro atoms. The maximum atomic E-state index is 13.0. The highest BCUT2D eigenvalue weighted by atomic mass is 35.5. The molecule has 0 unspecified atom stereocenters. The first-order chi connectivity index (χ1) is 11.0. The number of carbonyl (C=O) groups is 2. The smallest absolute Gasteiger partial charge is 0.264 e. The maximum Gasteiger partial charge on any atom is 0.264 e. The number of benzene rings is 1. The largest absolute Gasteiger partial charge is 0.338 e. The minimum Gasteiger partial charge on any atom is -0.338 e. The minimum absolute atomic E-state index is 0.000867. The van der Waals surface area contributed by atoms with Crippen LogP contribution in [0.15, 0.2) is 24.3 Å². The van der Waals surface area contributed by atoms with Crippen LogP contribution in [0, 0.1) is 12.7 Å². The Morgan fingerprint density at radius 2 is 2.04 bits per heavy atom. The summed E-state index contributed by atoms with van der Waals surface area (Å²) in [6.45, 7) is 3.40. The van der Waals surface area contributed by atoms with E-state index in [1.807, 2.05) is 6.92 Å². The van der Waals surface area contributed by atoms with Crippen LogP contribution in [0.1, 0.15) is 32.0 Å². The third-order valence-corrected chi connectivity index (χ3v) is 5.12. The van der Waals surface area contributed by atoms with E-state index in [0.29, 0.717) is 9.88 Å². The van der Waals surface area contributed by atoms with E-state index in [2.05, 4.69) is 5.32 Å². The quantitative estimate of drug-likeness (QED) is 0.909. The lowest BCUT2D eigenvalue weighted by Crippen LogP contribution is -2.41. The van der Waals surface area contributed by atoms with E-state index in [9.17, 15) is 14.0 Å². The van der Waals surface area contributed by atoms with Gasteiger partial charge in [-0.25, -0.2) is 4.39 Å². The number of hydrogen-bond acceptors (Lipinski definition) is 3. The third kappa shape index (κ3) is 3.23. The van der Waals surface area contributed by atoms with Crippen LogP contribution in [0.3, 0.4) is 0 Å². The molecule has 1 aromatic carbocycles. The first kappa shape index (κ1) is 16.0. The van der Waals surface area contributed by atoms with E-state index in [4.69, 9.17) is 11.6 Å². The van der Waals surface area contributed by atoms with Crippen LogP contribution in [-0.2, 0) is 0 Å². The molecular weight excluding hydrogens is 339 g/mol. The lowest BCUT2D eigenvalue weighted by molar-refractivity contribution is 0.0656. The van der Waals surface area contributed by atoms with Gasteiger partial charge in [-0.3, -0.25) is 9.59 Å². The van der Waals surface area contributed by atoms with Crippen molar-refractivity contribution in [2.45, 2.75) is 13.3 Å². The fraction of sp³-hybridized carbons (Fsp3) is 0.250. The molecule has 4 nitrogen and oxygen atoms in total. The van der Waals surface area contributed by atoms with Gasteiger partial charge in [0.1, 0.15) is 5.82 Å². The van der Waals surface area contributed by atoms with Crippen molar-refractivity contribution < 1.29 is 14.0 Å². The summed E-state index contributed by atoms with van der Waals surface area (Å²) in [5, 5.41) is 3.33. The fourth-order valence-electron chi connectivity index (χ4n) is 2.27. The molecule has 1 saturated heterocycles. The maximum absolute atomic E-state index is 13.0. The normalized spacial score (nSPS) is 13.6. The summed E-state index contributed by atoms with van der Waals surface area (Å²) in [5.41, 5.74) is 1.02. The number of amides is 2. The van der Waals surface area contributed by atoms with Crippen molar-refractivity contribution in [1.82, 2.24) is 4.90 Å². The molecule has 0 bridgehead atoms. The molecule has 1 fully saturated rings. The van der Waals surface area contributed by atoms with Crippen LogP contribution in [0.2, 0.25) is 5.02 Å². The van der Waals surface area contributed by atoms with Crippen molar-refractivity contribution in [2.75, 3.05) is 18.4 Å². The molecule has 1 aromatic heterocycles. The van der Waals surface area contributed by atoms with Gasteiger partial charge in [0.05, 0.1) is 20.5 Å². The van der Waals surface area contributed by atoms with Gasteiger partial charge in [-0.2, -0.15) is 0 Å². The topological polar surface area (TPSA) is 49.4 Å². The Hall–Kier alpha value is -1.92. The molecule has 0 saturated carbocycles. The van der Waals surface area contributed by atoms with Gasteiger partial charge in [-0.15, -0.1) is 11.3 Å². The fourth-order valence-corrected chi connectivity index (χ4v) is 3.56. The van der Waals surface area contributed by atoms with Gasteiger partial charge in [-0.1, -0.05) is 11.6 Å². The van der Waals surface area contributed by atoms with Gasteiger partial charge >= 0.3 is 0 Å². The molecule has 7 heteroatoms.